The molecule has 3 amide bonds. The van der Waals surface area contributed by atoms with E-state index in [9.17, 15) is 22.8 Å². The number of nitrogens with one attached hydrogen (secondary N) is 3. The van der Waals surface area contributed by atoms with E-state index >= 15 is 0 Å². The highest BCUT2D eigenvalue weighted by Gasteiger charge is 2.35. The van der Waals surface area contributed by atoms with Crippen molar-refractivity contribution < 1.29 is 27.5 Å². The summed E-state index contributed by atoms with van der Waals surface area (Å²) in [7, 11) is 1.67. The number of amides is 3. The Bertz CT molecular complexity index is 1600. The van der Waals surface area contributed by atoms with Crippen LogP contribution in [0.1, 0.15) is 27.5 Å². The molecule has 0 unspecified atom stereocenters. The maximum absolute atomic E-state index is 13.6. The molecular formula is C32H34F3N7O3. The molecule has 13 heteroatoms. The van der Waals surface area contributed by atoms with Crippen molar-refractivity contribution in [1.82, 2.24) is 30.3 Å². The van der Waals surface area contributed by atoms with Crippen LogP contribution in [0.15, 0.2) is 79.0 Å². The highest BCUT2D eigenvalue weighted by Crippen LogP contribution is 2.31. The highest BCUT2D eigenvalue weighted by atomic mass is 19.4. The summed E-state index contributed by atoms with van der Waals surface area (Å²) in [5.74, 6) is -0.417. The lowest BCUT2D eigenvalue weighted by molar-refractivity contribution is -0.123. The van der Waals surface area contributed by atoms with E-state index in [1.165, 1.54) is 12.3 Å². The van der Waals surface area contributed by atoms with E-state index in [0.717, 1.165) is 18.7 Å². The molecule has 4 aromatic rings. The number of carbonyl (C=O) groups excluding carboxylic acids is 2. The number of anilines is 1. The summed E-state index contributed by atoms with van der Waals surface area (Å²) in [5, 5.41) is 12.7. The van der Waals surface area contributed by atoms with Gasteiger partial charge in [-0.3, -0.25) is 20.0 Å². The number of rotatable bonds is 10. The van der Waals surface area contributed by atoms with Crippen LogP contribution < -0.4 is 16.0 Å². The number of ether oxygens (including phenoxy) is 1. The minimum absolute atomic E-state index is 0.0856. The van der Waals surface area contributed by atoms with Crippen molar-refractivity contribution in [3.05, 3.63) is 95.8 Å². The first-order valence-corrected chi connectivity index (χ1v) is 14.4. The molecule has 0 spiro atoms. The van der Waals surface area contributed by atoms with Gasteiger partial charge in [0.15, 0.2) is 0 Å². The standard InChI is InChI=1S/C32H34F3N7O3/c1-21-28(23-13-14-26(36-17-23)30(43)37-20-32(33,34)35)40-42(24-11-7-4-8-12-24)29(21)39-31(44)38-27-19-41(15-16-45-2)18-25(27)22-9-5-3-6-10-22/h3-14,17,25,27H,15-16,18-20H2,1-2H3,(H,37,43)(H2,38,39,44)/t25-,27+/m0/s1. The van der Waals surface area contributed by atoms with Crippen LogP contribution in [0.5, 0.6) is 0 Å². The lowest BCUT2D eigenvalue weighted by Crippen LogP contribution is -2.42. The van der Waals surface area contributed by atoms with E-state index in [-0.39, 0.29) is 17.7 Å². The van der Waals surface area contributed by atoms with E-state index in [4.69, 9.17) is 9.84 Å². The average Bonchev–Trinajstić information content (AvgIpc) is 3.59. The monoisotopic (exact) mass is 621 g/mol. The van der Waals surface area contributed by atoms with Crippen LogP contribution in [-0.2, 0) is 4.74 Å². The molecule has 2 aromatic carbocycles. The largest absolute Gasteiger partial charge is 0.405 e. The predicted molar refractivity (Wildman–Crippen MR) is 163 cm³/mol. The Balaban J connectivity index is 1.38. The number of urea groups is 1. The zero-order valence-electron chi connectivity index (χ0n) is 24.8. The molecule has 1 aliphatic heterocycles. The van der Waals surface area contributed by atoms with Gasteiger partial charge < -0.3 is 15.4 Å². The fourth-order valence-electron chi connectivity index (χ4n) is 5.40. The van der Waals surface area contributed by atoms with Gasteiger partial charge >= 0.3 is 12.2 Å². The maximum Gasteiger partial charge on any atom is 0.405 e. The van der Waals surface area contributed by atoms with Gasteiger partial charge in [-0.25, -0.2) is 9.48 Å². The Labute approximate surface area is 258 Å². The molecule has 1 aliphatic rings. The summed E-state index contributed by atoms with van der Waals surface area (Å²) in [6, 6.07) is 21.7. The number of nitrogens with zero attached hydrogens (tertiary/aromatic N) is 4. The van der Waals surface area contributed by atoms with Gasteiger partial charge in [0.25, 0.3) is 5.91 Å². The van der Waals surface area contributed by atoms with Crippen LogP contribution in [0.4, 0.5) is 23.8 Å². The SMILES string of the molecule is COCCN1C[C@@H](NC(=O)Nc2c(C)c(-c3ccc(C(=O)NCC(F)(F)F)nc3)nn2-c2ccccc2)[C@H](c2ccccc2)C1. The summed E-state index contributed by atoms with van der Waals surface area (Å²) in [4.78, 5) is 32.0. The van der Waals surface area contributed by atoms with Crippen molar-refractivity contribution in [2.24, 2.45) is 0 Å². The first-order chi connectivity index (χ1) is 21.6. The van der Waals surface area contributed by atoms with Crippen LogP contribution in [0.25, 0.3) is 16.9 Å². The van der Waals surface area contributed by atoms with E-state index in [0.29, 0.717) is 41.5 Å². The van der Waals surface area contributed by atoms with E-state index in [1.54, 1.807) is 24.8 Å². The van der Waals surface area contributed by atoms with Gasteiger partial charge in [-0.2, -0.15) is 18.3 Å². The topological polar surface area (TPSA) is 113 Å². The summed E-state index contributed by atoms with van der Waals surface area (Å²) >= 11 is 0. The molecular weight excluding hydrogens is 587 g/mol. The van der Waals surface area contributed by atoms with Crippen molar-refractivity contribution in [3.63, 3.8) is 0 Å². The van der Waals surface area contributed by atoms with E-state index in [1.807, 2.05) is 53.8 Å². The third-order valence-electron chi connectivity index (χ3n) is 7.63. The van der Waals surface area contributed by atoms with Gasteiger partial charge in [-0.05, 0) is 36.8 Å². The summed E-state index contributed by atoms with van der Waals surface area (Å²) < 4.78 is 44.4. The summed E-state index contributed by atoms with van der Waals surface area (Å²) in [6.07, 6.45) is -3.16. The number of hydrogen-bond acceptors (Lipinski definition) is 6. The van der Waals surface area contributed by atoms with Gasteiger partial charge in [0, 0.05) is 50.0 Å². The molecule has 3 heterocycles. The molecule has 0 aliphatic carbocycles. The number of hydrogen-bond donors (Lipinski definition) is 3. The number of para-hydroxylation sites is 1. The molecule has 236 valence electrons. The van der Waals surface area contributed by atoms with Crippen molar-refractivity contribution in [2.45, 2.75) is 25.1 Å². The van der Waals surface area contributed by atoms with Gasteiger partial charge in [-0.15, -0.1) is 0 Å². The Morgan fingerprint density at radius 1 is 1.00 bits per heavy atom. The molecule has 2 atom stereocenters. The van der Waals surface area contributed by atoms with E-state index < -0.39 is 24.7 Å². The Morgan fingerprint density at radius 2 is 1.71 bits per heavy atom. The fraction of sp³-hybridized carbons (Fsp3) is 0.312. The lowest BCUT2D eigenvalue weighted by atomic mass is 9.94. The quantitative estimate of drug-likeness (QED) is 0.235. The lowest BCUT2D eigenvalue weighted by Gasteiger charge is -2.21. The van der Waals surface area contributed by atoms with E-state index in [2.05, 4.69) is 32.7 Å². The Kier molecular flexibility index (Phi) is 9.79. The summed E-state index contributed by atoms with van der Waals surface area (Å²) in [6.45, 7) is 3.13. The van der Waals surface area contributed by atoms with Gasteiger partial charge in [0.1, 0.15) is 18.1 Å². The average molecular weight is 622 g/mol. The number of likely N-dealkylation sites (tertiary alicyclic amines) is 1. The molecule has 0 bridgehead atoms. The number of aromatic nitrogens is 3. The van der Waals surface area contributed by atoms with Crippen LogP contribution in [0.3, 0.4) is 0 Å². The van der Waals surface area contributed by atoms with Gasteiger partial charge in [0.2, 0.25) is 0 Å². The normalized spacial score (nSPS) is 16.8. The van der Waals surface area contributed by atoms with Crippen molar-refractivity contribution >= 4 is 17.8 Å². The third-order valence-corrected chi connectivity index (χ3v) is 7.63. The van der Waals surface area contributed by atoms with Crippen LogP contribution in [-0.4, -0.2) is 83.7 Å². The zero-order chi connectivity index (χ0) is 32.0. The number of halogens is 3. The molecule has 10 nitrogen and oxygen atoms in total. The highest BCUT2D eigenvalue weighted by molar-refractivity contribution is 5.93. The second-order valence-electron chi connectivity index (χ2n) is 10.8. The van der Waals surface area contributed by atoms with Crippen LogP contribution >= 0.6 is 0 Å². The maximum atomic E-state index is 13.6. The number of benzene rings is 2. The summed E-state index contributed by atoms with van der Waals surface area (Å²) in [5.41, 5.74) is 3.32. The fourth-order valence-corrected chi connectivity index (χ4v) is 5.40. The molecule has 1 saturated heterocycles. The molecule has 5 rings (SSSR count). The van der Waals surface area contributed by atoms with Crippen LogP contribution in [0.2, 0.25) is 0 Å². The molecule has 2 aromatic heterocycles. The third kappa shape index (κ3) is 7.86. The molecule has 0 radical (unpaired) electrons. The predicted octanol–water partition coefficient (Wildman–Crippen LogP) is 4.77. The number of methoxy groups -OCH3 is 1. The Hall–Kier alpha value is -4.75. The van der Waals surface area contributed by atoms with Crippen molar-refractivity contribution in [1.29, 1.82) is 0 Å². The first-order valence-electron chi connectivity index (χ1n) is 14.4. The minimum Gasteiger partial charge on any atom is -0.383 e. The smallest absolute Gasteiger partial charge is 0.383 e. The Morgan fingerprint density at radius 3 is 2.36 bits per heavy atom. The zero-order valence-corrected chi connectivity index (χ0v) is 24.8. The molecule has 45 heavy (non-hydrogen) atoms. The molecule has 1 fully saturated rings. The van der Waals surface area contributed by atoms with Crippen molar-refractivity contribution in [2.75, 3.05) is 45.2 Å². The molecule has 0 saturated carbocycles. The van der Waals surface area contributed by atoms with Gasteiger partial charge in [0.05, 0.1) is 24.0 Å². The second kappa shape index (κ2) is 13.9. The second-order valence-corrected chi connectivity index (χ2v) is 10.8. The number of alkyl halides is 3. The number of pyridine rings is 1. The number of carbonyl (C=O) groups is 2. The van der Waals surface area contributed by atoms with Crippen LogP contribution in [0, 0.1) is 6.92 Å². The molecule has 3 N–H and O–H groups in total. The van der Waals surface area contributed by atoms with Crippen molar-refractivity contribution in [3.8, 4) is 16.9 Å². The van der Waals surface area contributed by atoms with Gasteiger partial charge in [-0.1, -0.05) is 48.5 Å². The minimum atomic E-state index is -4.53. The first kappa shape index (κ1) is 31.7.